The molecule has 0 unspecified atom stereocenters. The fraction of sp³-hybridized carbons (Fsp3) is 0. The first-order valence-electron chi connectivity index (χ1n) is 4.87. The van der Waals surface area contributed by atoms with Crippen molar-refractivity contribution < 1.29 is 0 Å². The summed E-state index contributed by atoms with van der Waals surface area (Å²) in [6, 6.07) is 12.2. The Morgan fingerprint density at radius 2 is 1.87 bits per heavy atom. The Bertz CT molecular complexity index is 568. The van der Waals surface area contributed by atoms with E-state index in [2.05, 4.69) is 22.4 Å². The Labute approximate surface area is 88.0 Å². The summed E-state index contributed by atoms with van der Waals surface area (Å²) >= 11 is 0. The SMILES string of the molecule is C1=C[N]C(c2ccc3ccccc3n2)=C1. The van der Waals surface area contributed by atoms with E-state index in [0.29, 0.717) is 0 Å². The van der Waals surface area contributed by atoms with Crippen LogP contribution in [0, 0.1) is 0 Å². The van der Waals surface area contributed by atoms with Crippen LogP contribution in [-0.2, 0) is 0 Å². The first-order chi connectivity index (χ1) is 7.43. The fourth-order valence-electron chi connectivity index (χ4n) is 1.66. The zero-order chi connectivity index (χ0) is 10.1. The largest absolute Gasteiger partial charge is 0.255 e. The second kappa shape index (κ2) is 3.24. The van der Waals surface area contributed by atoms with Gasteiger partial charge in [0.2, 0.25) is 0 Å². The molecule has 71 valence electrons. The lowest BCUT2D eigenvalue weighted by atomic mass is 10.2. The van der Waals surface area contributed by atoms with Crippen LogP contribution in [-0.4, -0.2) is 4.98 Å². The molecule has 0 saturated heterocycles. The number of para-hydroxylation sites is 1. The molecule has 0 fully saturated rings. The van der Waals surface area contributed by atoms with Gasteiger partial charge in [0.1, 0.15) is 0 Å². The molecule has 2 nitrogen and oxygen atoms in total. The van der Waals surface area contributed by atoms with Crippen molar-refractivity contribution in [2.45, 2.75) is 0 Å². The summed E-state index contributed by atoms with van der Waals surface area (Å²) in [6.45, 7) is 0. The zero-order valence-electron chi connectivity index (χ0n) is 8.09. The van der Waals surface area contributed by atoms with E-state index in [1.807, 2.05) is 36.4 Å². The van der Waals surface area contributed by atoms with Crippen molar-refractivity contribution in [3.05, 3.63) is 60.4 Å². The number of hydrogen-bond acceptors (Lipinski definition) is 1. The summed E-state index contributed by atoms with van der Waals surface area (Å²) in [6.07, 6.45) is 5.68. The summed E-state index contributed by atoms with van der Waals surface area (Å²) < 4.78 is 0. The van der Waals surface area contributed by atoms with Gasteiger partial charge in [-0.15, -0.1) is 0 Å². The molecule has 2 heterocycles. The topological polar surface area (TPSA) is 27.0 Å². The van der Waals surface area contributed by atoms with Gasteiger partial charge in [-0.05, 0) is 24.3 Å². The van der Waals surface area contributed by atoms with Gasteiger partial charge in [0.15, 0.2) is 0 Å². The maximum absolute atomic E-state index is 4.56. The van der Waals surface area contributed by atoms with Gasteiger partial charge < -0.3 is 0 Å². The average Bonchev–Trinajstić information content (AvgIpc) is 2.82. The van der Waals surface area contributed by atoms with Crippen molar-refractivity contribution in [1.82, 2.24) is 10.3 Å². The number of allylic oxidation sites excluding steroid dienone is 2. The third-order valence-electron chi connectivity index (χ3n) is 2.41. The third-order valence-corrected chi connectivity index (χ3v) is 2.41. The van der Waals surface area contributed by atoms with Gasteiger partial charge in [-0.25, -0.2) is 4.98 Å². The Morgan fingerprint density at radius 1 is 0.933 bits per heavy atom. The lowest BCUT2D eigenvalue weighted by Gasteiger charge is -2.02. The molecule has 2 heteroatoms. The van der Waals surface area contributed by atoms with Crippen molar-refractivity contribution in [3.8, 4) is 0 Å². The number of hydrogen-bond donors (Lipinski definition) is 0. The number of rotatable bonds is 1. The monoisotopic (exact) mass is 193 g/mol. The molecule has 0 bridgehead atoms. The van der Waals surface area contributed by atoms with Crippen LogP contribution in [0.4, 0.5) is 0 Å². The van der Waals surface area contributed by atoms with E-state index in [-0.39, 0.29) is 0 Å². The molecule has 1 aromatic carbocycles. The number of fused-ring (bicyclic) bond motifs is 1. The minimum Gasteiger partial charge on any atom is -0.255 e. The second-order valence-electron chi connectivity index (χ2n) is 3.41. The molecule has 1 aromatic heterocycles. The Hall–Kier alpha value is -2.09. The van der Waals surface area contributed by atoms with Crippen LogP contribution in [0.15, 0.2) is 54.8 Å². The molecular formula is C13H9N2. The van der Waals surface area contributed by atoms with Gasteiger partial charge >= 0.3 is 0 Å². The van der Waals surface area contributed by atoms with Gasteiger partial charge in [-0.1, -0.05) is 24.3 Å². The quantitative estimate of drug-likeness (QED) is 0.684. The Morgan fingerprint density at radius 3 is 2.73 bits per heavy atom. The standard InChI is InChI=1S/C13H9N2/c1-2-5-11-10(4-1)7-8-13(15-11)12-6-3-9-14-12/h1-9H. The summed E-state index contributed by atoms with van der Waals surface area (Å²) in [4.78, 5) is 4.56. The highest BCUT2D eigenvalue weighted by atomic mass is 14.9. The lowest BCUT2D eigenvalue weighted by molar-refractivity contribution is 1.18. The number of aromatic nitrogens is 1. The maximum Gasteiger partial charge on any atom is 0.0893 e. The van der Waals surface area contributed by atoms with Crippen molar-refractivity contribution in [3.63, 3.8) is 0 Å². The van der Waals surface area contributed by atoms with Crippen LogP contribution < -0.4 is 5.32 Å². The van der Waals surface area contributed by atoms with E-state index in [4.69, 9.17) is 0 Å². The molecule has 1 aliphatic rings. The van der Waals surface area contributed by atoms with Gasteiger partial charge in [0.25, 0.3) is 0 Å². The maximum atomic E-state index is 4.56. The van der Waals surface area contributed by atoms with E-state index >= 15 is 0 Å². The van der Waals surface area contributed by atoms with Crippen molar-refractivity contribution in [2.75, 3.05) is 0 Å². The summed E-state index contributed by atoms with van der Waals surface area (Å²) in [5, 5.41) is 5.39. The first-order valence-corrected chi connectivity index (χ1v) is 4.87. The highest BCUT2D eigenvalue weighted by Gasteiger charge is 2.05. The van der Waals surface area contributed by atoms with Gasteiger partial charge in [-0.2, -0.15) is 0 Å². The second-order valence-corrected chi connectivity index (χ2v) is 3.41. The van der Waals surface area contributed by atoms with Crippen LogP contribution in [0.5, 0.6) is 0 Å². The summed E-state index contributed by atoms with van der Waals surface area (Å²) in [5.74, 6) is 0. The molecule has 0 amide bonds. The normalized spacial score (nSPS) is 14.0. The van der Waals surface area contributed by atoms with Crippen molar-refractivity contribution in [1.29, 1.82) is 0 Å². The van der Waals surface area contributed by atoms with Crippen LogP contribution in [0.2, 0.25) is 0 Å². The van der Waals surface area contributed by atoms with Crippen molar-refractivity contribution in [2.24, 2.45) is 0 Å². The average molecular weight is 193 g/mol. The number of pyridine rings is 1. The third kappa shape index (κ3) is 1.40. The van der Waals surface area contributed by atoms with Gasteiger partial charge in [0.05, 0.1) is 16.9 Å². The van der Waals surface area contributed by atoms with E-state index in [9.17, 15) is 0 Å². The molecule has 2 aromatic rings. The molecular weight excluding hydrogens is 184 g/mol. The van der Waals surface area contributed by atoms with E-state index in [1.165, 1.54) is 0 Å². The molecule has 0 saturated carbocycles. The van der Waals surface area contributed by atoms with E-state index in [0.717, 1.165) is 22.3 Å². The number of nitrogens with zero attached hydrogens (tertiary/aromatic N) is 2. The minimum absolute atomic E-state index is 0.929. The predicted octanol–water partition coefficient (Wildman–Crippen LogP) is 2.71. The van der Waals surface area contributed by atoms with Crippen LogP contribution in [0.25, 0.3) is 16.6 Å². The van der Waals surface area contributed by atoms with Crippen LogP contribution in [0.1, 0.15) is 5.69 Å². The van der Waals surface area contributed by atoms with Crippen LogP contribution in [0.3, 0.4) is 0 Å². The number of benzene rings is 1. The molecule has 1 radical (unpaired) electrons. The first kappa shape index (κ1) is 8.24. The highest BCUT2D eigenvalue weighted by Crippen LogP contribution is 2.18. The Balaban J connectivity index is 2.14. The van der Waals surface area contributed by atoms with E-state index < -0.39 is 0 Å². The van der Waals surface area contributed by atoms with Gasteiger partial charge in [0, 0.05) is 11.6 Å². The van der Waals surface area contributed by atoms with Gasteiger partial charge in [-0.3, -0.25) is 5.32 Å². The Kier molecular flexibility index (Phi) is 1.78. The highest BCUT2D eigenvalue weighted by molar-refractivity contribution is 5.81. The molecule has 15 heavy (non-hydrogen) atoms. The van der Waals surface area contributed by atoms with Crippen molar-refractivity contribution >= 4 is 16.6 Å². The predicted molar refractivity (Wildman–Crippen MR) is 61.0 cm³/mol. The fourth-order valence-corrected chi connectivity index (χ4v) is 1.66. The molecule has 0 spiro atoms. The summed E-state index contributed by atoms with van der Waals surface area (Å²) in [7, 11) is 0. The molecule has 3 rings (SSSR count). The molecule has 1 aliphatic heterocycles. The summed E-state index contributed by atoms with van der Waals surface area (Å²) in [5.41, 5.74) is 2.87. The molecule has 0 aliphatic carbocycles. The zero-order valence-corrected chi connectivity index (χ0v) is 8.09. The van der Waals surface area contributed by atoms with Crippen LogP contribution >= 0.6 is 0 Å². The lowest BCUT2D eigenvalue weighted by Crippen LogP contribution is -1.95. The molecule has 0 atom stereocenters. The minimum atomic E-state index is 0.929. The molecule has 0 N–H and O–H groups in total. The smallest absolute Gasteiger partial charge is 0.0893 e. The van der Waals surface area contributed by atoms with E-state index in [1.54, 1.807) is 6.20 Å².